The Bertz CT molecular complexity index is 979. The van der Waals surface area contributed by atoms with Gasteiger partial charge in [-0.05, 0) is 29.8 Å². The van der Waals surface area contributed by atoms with Crippen molar-refractivity contribution in [1.82, 2.24) is 10.0 Å². The molecule has 0 bridgehead atoms. The molecular weight excluding hydrogens is 384 g/mol. The van der Waals surface area contributed by atoms with Gasteiger partial charge in [-0.1, -0.05) is 30.3 Å². The van der Waals surface area contributed by atoms with Gasteiger partial charge in [0.05, 0.1) is 24.2 Å². The Balaban J connectivity index is 1.46. The van der Waals surface area contributed by atoms with Gasteiger partial charge in [-0.2, -0.15) is 0 Å². The molecule has 2 aromatic carbocycles. The summed E-state index contributed by atoms with van der Waals surface area (Å²) >= 11 is 0. The Morgan fingerprint density at radius 3 is 2.64 bits per heavy atom. The highest BCUT2D eigenvalue weighted by Gasteiger charge is 2.50. The van der Waals surface area contributed by atoms with Crippen LogP contribution in [-0.2, 0) is 24.2 Å². The van der Waals surface area contributed by atoms with E-state index >= 15 is 0 Å². The summed E-state index contributed by atoms with van der Waals surface area (Å²) in [5.74, 6) is 0. The van der Waals surface area contributed by atoms with Crippen molar-refractivity contribution < 1.29 is 27.4 Å². The molecule has 2 aliphatic heterocycles. The van der Waals surface area contributed by atoms with Crippen LogP contribution in [0, 0.1) is 0 Å². The summed E-state index contributed by atoms with van der Waals surface area (Å²) in [6.45, 7) is 2.56. The molecule has 2 heterocycles. The van der Waals surface area contributed by atoms with Gasteiger partial charge in [0, 0.05) is 6.54 Å². The highest BCUT2D eigenvalue weighted by Crippen LogP contribution is 2.30. The lowest BCUT2D eigenvalue weighted by Crippen LogP contribution is -2.44. The SMILES string of the molecule is CCNC(=O)O[C@@H]1CO[C@H]2[C@@H]1OC[C@@H]2NS(=O)(=O)c1ccc2ccccc2c1. The van der Waals surface area contributed by atoms with Crippen molar-refractivity contribution in [3.8, 4) is 0 Å². The fourth-order valence-corrected chi connectivity index (χ4v) is 4.86. The standard InChI is InChI=1S/C19H22N2O6S/c1-2-20-19(22)27-16-11-26-17-15(10-25-18(16)17)21-28(23,24)14-8-7-12-5-3-4-6-13(12)9-14/h3-9,15-18,21H,2,10-11H2,1H3,(H,20,22)/t15-,16+,17+,18+/m0/s1. The van der Waals surface area contributed by atoms with Gasteiger partial charge in [0.2, 0.25) is 10.0 Å². The third-order valence-electron chi connectivity index (χ3n) is 4.93. The average molecular weight is 406 g/mol. The Hall–Kier alpha value is -2.20. The molecule has 2 aromatic rings. The van der Waals surface area contributed by atoms with E-state index in [0.29, 0.717) is 6.54 Å². The topological polar surface area (TPSA) is 103 Å². The van der Waals surface area contributed by atoms with Crippen LogP contribution in [0.5, 0.6) is 0 Å². The molecule has 0 unspecified atom stereocenters. The fourth-order valence-electron chi connectivity index (χ4n) is 3.59. The Morgan fingerprint density at radius 1 is 1.11 bits per heavy atom. The van der Waals surface area contributed by atoms with Crippen molar-refractivity contribution in [2.45, 2.75) is 36.2 Å². The number of hydrogen-bond acceptors (Lipinski definition) is 6. The second kappa shape index (κ2) is 7.67. The van der Waals surface area contributed by atoms with E-state index in [9.17, 15) is 13.2 Å². The van der Waals surface area contributed by atoms with E-state index in [0.717, 1.165) is 10.8 Å². The van der Waals surface area contributed by atoms with Crippen molar-refractivity contribution in [3.05, 3.63) is 42.5 Å². The number of sulfonamides is 1. The zero-order valence-corrected chi connectivity index (χ0v) is 16.1. The molecule has 0 saturated carbocycles. The van der Waals surface area contributed by atoms with Crippen LogP contribution in [0.4, 0.5) is 4.79 Å². The summed E-state index contributed by atoms with van der Waals surface area (Å²) in [5, 5.41) is 4.37. The molecule has 0 radical (unpaired) electrons. The van der Waals surface area contributed by atoms with E-state index in [1.807, 2.05) is 24.3 Å². The molecule has 4 rings (SSSR count). The smallest absolute Gasteiger partial charge is 0.407 e. The lowest BCUT2D eigenvalue weighted by molar-refractivity contribution is 0.00428. The van der Waals surface area contributed by atoms with Crippen molar-refractivity contribution in [3.63, 3.8) is 0 Å². The van der Waals surface area contributed by atoms with Crippen LogP contribution < -0.4 is 10.0 Å². The quantitative estimate of drug-likeness (QED) is 0.778. The second-order valence-corrected chi connectivity index (χ2v) is 8.52. The van der Waals surface area contributed by atoms with Crippen molar-refractivity contribution >= 4 is 26.9 Å². The lowest BCUT2D eigenvalue weighted by atomic mass is 10.1. The molecule has 0 spiro atoms. The van der Waals surface area contributed by atoms with Crippen LogP contribution in [0.2, 0.25) is 0 Å². The van der Waals surface area contributed by atoms with Gasteiger partial charge >= 0.3 is 6.09 Å². The van der Waals surface area contributed by atoms with Crippen LogP contribution in [0.1, 0.15) is 6.92 Å². The van der Waals surface area contributed by atoms with Gasteiger partial charge < -0.3 is 19.5 Å². The molecule has 2 saturated heterocycles. The summed E-state index contributed by atoms with van der Waals surface area (Å²) in [6.07, 6.45) is -2.10. The van der Waals surface area contributed by atoms with Gasteiger partial charge in [-0.15, -0.1) is 0 Å². The molecule has 0 aliphatic carbocycles. The highest BCUT2D eigenvalue weighted by atomic mass is 32.2. The van der Waals surface area contributed by atoms with E-state index in [-0.39, 0.29) is 18.1 Å². The highest BCUT2D eigenvalue weighted by molar-refractivity contribution is 7.89. The second-order valence-electron chi connectivity index (χ2n) is 6.81. The maximum atomic E-state index is 12.8. The van der Waals surface area contributed by atoms with E-state index < -0.39 is 40.5 Å². The van der Waals surface area contributed by atoms with Gasteiger partial charge in [-0.25, -0.2) is 17.9 Å². The number of rotatable bonds is 5. The molecule has 150 valence electrons. The predicted molar refractivity (Wildman–Crippen MR) is 101 cm³/mol. The average Bonchev–Trinajstić information content (AvgIpc) is 3.25. The van der Waals surface area contributed by atoms with Crippen molar-refractivity contribution in [2.75, 3.05) is 19.8 Å². The number of carbonyl (C=O) groups excluding carboxylic acids is 1. The van der Waals surface area contributed by atoms with Crippen molar-refractivity contribution in [2.24, 2.45) is 0 Å². The molecule has 2 N–H and O–H groups in total. The first-order valence-corrected chi connectivity index (χ1v) is 10.6. The van der Waals surface area contributed by atoms with Crippen LogP contribution in [-0.4, -0.2) is 58.6 Å². The first-order chi connectivity index (χ1) is 13.5. The van der Waals surface area contributed by atoms with E-state index in [4.69, 9.17) is 14.2 Å². The summed E-state index contributed by atoms with van der Waals surface area (Å²) in [7, 11) is -3.75. The molecule has 28 heavy (non-hydrogen) atoms. The normalized spacial score (nSPS) is 26.9. The number of fused-ring (bicyclic) bond motifs is 2. The molecule has 0 aromatic heterocycles. The Kier molecular flexibility index (Phi) is 5.24. The summed E-state index contributed by atoms with van der Waals surface area (Å²) in [4.78, 5) is 11.8. The molecule has 2 fully saturated rings. The van der Waals surface area contributed by atoms with Crippen LogP contribution in [0.25, 0.3) is 10.8 Å². The van der Waals surface area contributed by atoms with Gasteiger partial charge in [0.15, 0.2) is 6.10 Å². The van der Waals surface area contributed by atoms with Crippen molar-refractivity contribution in [1.29, 1.82) is 0 Å². The van der Waals surface area contributed by atoms with Crippen LogP contribution in [0.3, 0.4) is 0 Å². The van der Waals surface area contributed by atoms with Gasteiger partial charge in [-0.3, -0.25) is 0 Å². The monoisotopic (exact) mass is 406 g/mol. The minimum absolute atomic E-state index is 0.150. The van der Waals surface area contributed by atoms with Gasteiger partial charge in [0.1, 0.15) is 12.2 Å². The molecular formula is C19H22N2O6S. The Labute approximate surface area is 163 Å². The molecule has 4 atom stereocenters. The van der Waals surface area contributed by atoms with E-state index in [2.05, 4.69) is 10.0 Å². The van der Waals surface area contributed by atoms with E-state index in [1.54, 1.807) is 25.1 Å². The number of benzene rings is 2. The lowest BCUT2D eigenvalue weighted by Gasteiger charge is -2.18. The number of carbonyl (C=O) groups is 1. The zero-order chi connectivity index (χ0) is 19.7. The minimum atomic E-state index is -3.75. The molecule has 1 amide bonds. The Morgan fingerprint density at radius 2 is 1.86 bits per heavy atom. The molecule has 9 heteroatoms. The van der Waals surface area contributed by atoms with Crippen LogP contribution >= 0.6 is 0 Å². The number of ether oxygens (including phenoxy) is 3. The summed E-state index contributed by atoms with van der Waals surface area (Å²) in [6, 6.07) is 12.0. The maximum absolute atomic E-state index is 12.8. The number of hydrogen-bond donors (Lipinski definition) is 2. The summed E-state index contributed by atoms with van der Waals surface area (Å²) in [5.41, 5.74) is 0. The summed E-state index contributed by atoms with van der Waals surface area (Å²) < 4.78 is 45.0. The minimum Gasteiger partial charge on any atom is -0.441 e. The first-order valence-electron chi connectivity index (χ1n) is 9.17. The number of nitrogens with one attached hydrogen (secondary N) is 2. The predicted octanol–water partition coefficient (Wildman–Crippen LogP) is 1.40. The third kappa shape index (κ3) is 3.70. The third-order valence-corrected chi connectivity index (χ3v) is 6.41. The fraction of sp³-hybridized carbons (Fsp3) is 0.421. The van der Waals surface area contributed by atoms with Crippen LogP contribution in [0.15, 0.2) is 47.4 Å². The maximum Gasteiger partial charge on any atom is 0.407 e. The number of amides is 1. The number of alkyl carbamates (subject to hydrolysis) is 1. The molecule has 2 aliphatic rings. The zero-order valence-electron chi connectivity index (χ0n) is 15.3. The largest absolute Gasteiger partial charge is 0.441 e. The van der Waals surface area contributed by atoms with E-state index in [1.165, 1.54) is 0 Å². The van der Waals surface area contributed by atoms with Gasteiger partial charge in [0.25, 0.3) is 0 Å². The molecule has 8 nitrogen and oxygen atoms in total. The first kappa shape index (κ1) is 19.1.